The molecule has 0 aliphatic carbocycles. The van der Waals surface area contributed by atoms with Gasteiger partial charge in [-0.05, 0) is 32.9 Å². The van der Waals surface area contributed by atoms with Crippen LogP contribution in [0, 0.1) is 10.1 Å². The van der Waals surface area contributed by atoms with Gasteiger partial charge in [-0.15, -0.1) is 0 Å². The second kappa shape index (κ2) is 7.69. The van der Waals surface area contributed by atoms with Crippen molar-refractivity contribution >= 4 is 17.1 Å². The third-order valence-corrected chi connectivity index (χ3v) is 2.85. The van der Waals surface area contributed by atoms with E-state index in [9.17, 15) is 10.1 Å². The maximum absolute atomic E-state index is 11.3. The van der Waals surface area contributed by atoms with Crippen molar-refractivity contribution in [3.8, 4) is 0 Å². The van der Waals surface area contributed by atoms with Crippen LogP contribution in [0.25, 0.3) is 0 Å². The van der Waals surface area contributed by atoms with Gasteiger partial charge in [-0.25, -0.2) is 0 Å². The van der Waals surface area contributed by atoms with Crippen molar-refractivity contribution in [1.29, 1.82) is 0 Å². The highest BCUT2D eigenvalue weighted by Gasteiger charge is 2.21. The van der Waals surface area contributed by atoms with Crippen molar-refractivity contribution in [2.24, 2.45) is 0 Å². The Hall–Kier alpha value is -1.82. The molecular formula is C14H23N3O3. The number of nitrogens with one attached hydrogen (secondary N) is 1. The van der Waals surface area contributed by atoms with Crippen LogP contribution in [0.2, 0.25) is 0 Å². The predicted molar refractivity (Wildman–Crippen MR) is 81.6 cm³/mol. The molecule has 1 aromatic carbocycles. The fourth-order valence-corrected chi connectivity index (χ4v) is 1.91. The normalized spacial score (nSPS) is 10.7. The number of hydrogen-bond acceptors (Lipinski definition) is 5. The lowest BCUT2D eigenvalue weighted by Gasteiger charge is -2.21. The van der Waals surface area contributed by atoms with Gasteiger partial charge in [-0.2, -0.15) is 0 Å². The van der Waals surface area contributed by atoms with Gasteiger partial charge in [-0.1, -0.05) is 6.07 Å². The summed E-state index contributed by atoms with van der Waals surface area (Å²) in [7, 11) is 1.84. The van der Waals surface area contributed by atoms with E-state index in [4.69, 9.17) is 4.74 Å². The Balaban J connectivity index is 2.92. The number of nitro groups is 1. The number of hydrogen-bond donors (Lipinski definition) is 1. The first-order valence-corrected chi connectivity index (χ1v) is 6.81. The molecule has 0 heterocycles. The summed E-state index contributed by atoms with van der Waals surface area (Å²) in [5.74, 6) is 0. The number of benzene rings is 1. The van der Waals surface area contributed by atoms with Gasteiger partial charge in [0, 0.05) is 20.1 Å². The number of nitrogens with zero attached hydrogens (tertiary/aromatic N) is 2. The first-order chi connectivity index (χ1) is 9.47. The van der Waals surface area contributed by atoms with E-state index in [0.717, 1.165) is 0 Å². The summed E-state index contributed by atoms with van der Waals surface area (Å²) in [5.41, 5.74) is 1.26. The Morgan fingerprint density at radius 3 is 2.70 bits per heavy atom. The van der Waals surface area contributed by atoms with Gasteiger partial charge in [0.15, 0.2) is 0 Å². The van der Waals surface area contributed by atoms with E-state index in [2.05, 4.69) is 5.32 Å². The summed E-state index contributed by atoms with van der Waals surface area (Å²) in [6.45, 7) is 7.63. The summed E-state index contributed by atoms with van der Waals surface area (Å²) < 4.78 is 5.48. The molecule has 112 valence electrons. The number of para-hydroxylation sites is 1. The Kier molecular flexibility index (Phi) is 6.24. The second-order valence-corrected chi connectivity index (χ2v) is 4.80. The van der Waals surface area contributed by atoms with Crippen LogP contribution in [0.5, 0.6) is 0 Å². The fraction of sp³-hybridized carbons (Fsp3) is 0.571. The van der Waals surface area contributed by atoms with Crippen molar-refractivity contribution < 1.29 is 9.66 Å². The summed E-state index contributed by atoms with van der Waals surface area (Å²) in [6.07, 6.45) is 0.159. The molecule has 0 aliphatic rings. The van der Waals surface area contributed by atoms with Crippen LogP contribution >= 0.6 is 0 Å². The minimum Gasteiger partial charge on any atom is -0.380 e. The lowest BCUT2D eigenvalue weighted by molar-refractivity contribution is -0.383. The zero-order valence-electron chi connectivity index (χ0n) is 12.5. The molecule has 0 saturated carbocycles. The standard InChI is InChI=1S/C14H23N3O3/c1-5-15-12-7-6-8-13(14(12)17(18)19)16(4)9-10-20-11(2)3/h6-8,11,15H,5,9-10H2,1-4H3. The van der Waals surface area contributed by atoms with Crippen molar-refractivity contribution in [3.05, 3.63) is 28.3 Å². The first kappa shape index (κ1) is 16.2. The van der Waals surface area contributed by atoms with Crippen LogP contribution in [0.3, 0.4) is 0 Å². The lowest BCUT2D eigenvalue weighted by atomic mass is 10.2. The Morgan fingerprint density at radius 2 is 2.15 bits per heavy atom. The maximum Gasteiger partial charge on any atom is 0.315 e. The molecule has 0 fully saturated rings. The minimum atomic E-state index is -0.340. The Bertz CT molecular complexity index is 449. The number of likely N-dealkylation sites (N-methyl/N-ethyl adjacent to an activating group) is 1. The van der Waals surface area contributed by atoms with Crippen molar-refractivity contribution in [2.45, 2.75) is 26.9 Å². The molecule has 0 spiro atoms. The highest BCUT2D eigenvalue weighted by Crippen LogP contribution is 2.34. The van der Waals surface area contributed by atoms with E-state index >= 15 is 0 Å². The average molecular weight is 281 g/mol. The molecule has 0 saturated heterocycles. The van der Waals surface area contributed by atoms with Crippen LogP contribution in [-0.4, -0.2) is 37.8 Å². The van der Waals surface area contributed by atoms with Gasteiger partial charge in [0.05, 0.1) is 17.6 Å². The molecule has 0 aliphatic heterocycles. The van der Waals surface area contributed by atoms with Crippen LogP contribution < -0.4 is 10.2 Å². The van der Waals surface area contributed by atoms with Crippen LogP contribution in [0.1, 0.15) is 20.8 Å². The number of rotatable bonds is 8. The van der Waals surface area contributed by atoms with Gasteiger partial charge < -0.3 is 15.0 Å². The van der Waals surface area contributed by atoms with E-state index < -0.39 is 0 Å². The van der Waals surface area contributed by atoms with Gasteiger partial charge >= 0.3 is 5.69 Å². The average Bonchev–Trinajstić information content (AvgIpc) is 2.38. The van der Waals surface area contributed by atoms with E-state index in [1.54, 1.807) is 12.1 Å². The largest absolute Gasteiger partial charge is 0.380 e. The van der Waals surface area contributed by atoms with Crippen molar-refractivity contribution in [3.63, 3.8) is 0 Å². The van der Waals surface area contributed by atoms with Crippen LogP contribution in [-0.2, 0) is 4.74 Å². The fourth-order valence-electron chi connectivity index (χ4n) is 1.91. The lowest BCUT2D eigenvalue weighted by Crippen LogP contribution is -2.24. The number of anilines is 2. The van der Waals surface area contributed by atoms with Crippen molar-refractivity contribution in [2.75, 3.05) is 37.0 Å². The third-order valence-electron chi connectivity index (χ3n) is 2.85. The topological polar surface area (TPSA) is 67.6 Å². The third kappa shape index (κ3) is 4.38. The molecule has 1 N–H and O–H groups in total. The zero-order valence-corrected chi connectivity index (χ0v) is 12.5. The Labute approximate surface area is 119 Å². The molecule has 0 unspecified atom stereocenters. The summed E-state index contributed by atoms with van der Waals surface area (Å²) in [6, 6.07) is 5.30. The minimum absolute atomic E-state index is 0.112. The SMILES string of the molecule is CCNc1cccc(N(C)CCOC(C)C)c1[N+](=O)[O-]. The molecule has 1 aromatic rings. The van der Waals surface area contributed by atoms with E-state index in [-0.39, 0.29) is 16.7 Å². The summed E-state index contributed by atoms with van der Waals surface area (Å²) in [4.78, 5) is 12.8. The smallest absolute Gasteiger partial charge is 0.315 e. The van der Waals surface area contributed by atoms with E-state index in [1.807, 2.05) is 38.8 Å². The number of nitro benzene ring substituents is 1. The molecule has 0 aromatic heterocycles. The van der Waals surface area contributed by atoms with Crippen LogP contribution in [0.4, 0.5) is 17.1 Å². The highest BCUT2D eigenvalue weighted by atomic mass is 16.6. The summed E-state index contributed by atoms with van der Waals surface area (Å²) >= 11 is 0. The summed E-state index contributed by atoms with van der Waals surface area (Å²) in [5, 5.41) is 14.3. The molecule has 0 amide bonds. The molecule has 0 atom stereocenters. The monoisotopic (exact) mass is 281 g/mol. The first-order valence-electron chi connectivity index (χ1n) is 6.81. The maximum atomic E-state index is 11.3. The quantitative estimate of drug-likeness (QED) is 0.586. The zero-order chi connectivity index (χ0) is 15.1. The van der Waals surface area contributed by atoms with Crippen LogP contribution in [0.15, 0.2) is 18.2 Å². The molecule has 6 heteroatoms. The molecule has 6 nitrogen and oxygen atoms in total. The molecule has 0 bridgehead atoms. The number of ether oxygens (including phenoxy) is 1. The predicted octanol–water partition coefficient (Wildman–Crippen LogP) is 2.89. The van der Waals surface area contributed by atoms with Crippen molar-refractivity contribution in [1.82, 2.24) is 0 Å². The molecule has 0 radical (unpaired) electrons. The highest BCUT2D eigenvalue weighted by molar-refractivity contribution is 5.76. The molecule has 20 heavy (non-hydrogen) atoms. The van der Waals surface area contributed by atoms with Gasteiger partial charge in [0.2, 0.25) is 0 Å². The second-order valence-electron chi connectivity index (χ2n) is 4.80. The molecule has 1 rings (SSSR count). The van der Waals surface area contributed by atoms with E-state index in [0.29, 0.717) is 31.1 Å². The van der Waals surface area contributed by atoms with Gasteiger partial charge in [-0.3, -0.25) is 10.1 Å². The van der Waals surface area contributed by atoms with Gasteiger partial charge in [0.1, 0.15) is 11.4 Å². The molecular weight excluding hydrogens is 258 g/mol. The Morgan fingerprint density at radius 1 is 1.45 bits per heavy atom. The van der Waals surface area contributed by atoms with Gasteiger partial charge in [0.25, 0.3) is 0 Å². The van der Waals surface area contributed by atoms with E-state index in [1.165, 1.54) is 0 Å².